The molecule has 0 unspecified atom stereocenters. The molecule has 0 bridgehead atoms. The van der Waals surface area contributed by atoms with E-state index in [1.165, 1.54) is 0 Å². The van der Waals surface area contributed by atoms with Gasteiger partial charge in [-0.2, -0.15) is 0 Å². The molecule has 0 aliphatic rings. The molecule has 2 N–H and O–H groups in total. The van der Waals surface area contributed by atoms with Crippen LogP contribution in [0.15, 0.2) is 34.6 Å². The summed E-state index contributed by atoms with van der Waals surface area (Å²) in [5.74, 6) is 0.804. The summed E-state index contributed by atoms with van der Waals surface area (Å²) in [6.45, 7) is 6.27. The maximum Gasteiger partial charge on any atom is 0.253 e. The first-order valence-electron chi connectivity index (χ1n) is 9.29. The molecule has 1 heterocycles. The van der Waals surface area contributed by atoms with E-state index in [-0.39, 0.29) is 5.91 Å². The Balaban J connectivity index is 1.91. The van der Waals surface area contributed by atoms with Crippen LogP contribution in [-0.2, 0) is 19.4 Å². The van der Waals surface area contributed by atoms with Crippen molar-refractivity contribution in [1.82, 2.24) is 20.5 Å². The fourth-order valence-corrected chi connectivity index (χ4v) is 3.26. The average Bonchev–Trinajstić information content (AvgIpc) is 3.13. The lowest BCUT2D eigenvalue weighted by Gasteiger charge is -2.13. The maximum absolute atomic E-state index is 12.1. The molecule has 2 rings (SSSR count). The Kier molecular flexibility index (Phi) is 8.26. The number of benzene rings is 1. The highest BCUT2D eigenvalue weighted by Gasteiger charge is 2.08. The Morgan fingerprint density at radius 1 is 1.26 bits per heavy atom. The molecule has 2 aromatic rings. The van der Waals surface area contributed by atoms with Gasteiger partial charge in [0.25, 0.3) is 5.91 Å². The van der Waals surface area contributed by atoms with E-state index in [4.69, 9.17) is 0 Å². The number of guanidine groups is 1. The predicted molar refractivity (Wildman–Crippen MR) is 112 cm³/mol. The first kappa shape index (κ1) is 20.9. The molecule has 1 aromatic heterocycles. The summed E-state index contributed by atoms with van der Waals surface area (Å²) >= 11 is 1.68. The second kappa shape index (κ2) is 10.7. The summed E-state index contributed by atoms with van der Waals surface area (Å²) in [7, 11) is 3.53. The fourth-order valence-electron chi connectivity index (χ4n) is 2.53. The van der Waals surface area contributed by atoms with Crippen LogP contribution in [0.3, 0.4) is 0 Å². The summed E-state index contributed by atoms with van der Waals surface area (Å²) in [6, 6.07) is 7.78. The zero-order valence-corrected chi connectivity index (χ0v) is 17.4. The summed E-state index contributed by atoms with van der Waals surface area (Å²) in [4.78, 5) is 22.8. The predicted octanol–water partition coefficient (Wildman–Crippen LogP) is 2.71. The molecule has 27 heavy (non-hydrogen) atoms. The highest BCUT2D eigenvalue weighted by atomic mass is 32.1. The number of hydrogen-bond donors (Lipinski definition) is 2. The molecule has 1 aromatic carbocycles. The minimum absolute atomic E-state index is 0.0226. The Bertz CT molecular complexity index is 769. The van der Waals surface area contributed by atoms with Gasteiger partial charge in [-0.15, -0.1) is 11.3 Å². The van der Waals surface area contributed by atoms with Gasteiger partial charge in [0.2, 0.25) is 0 Å². The third-order valence-electron chi connectivity index (χ3n) is 3.93. The molecule has 146 valence electrons. The molecule has 1 amide bonds. The molecule has 7 heteroatoms. The van der Waals surface area contributed by atoms with Gasteiger partial charge < -0.3 is 15.5 Å². The molecule has 0 atom stereocenters. The van der Waals surface area contributed by atoms with Crippen molar-refractivity contribution in [3.8, 4) is 0 Å². The van der Waals surface area contributed by atoms with Crippen molar-refractivity contribution in [2.45, 2.75) is 33.2 Å². The normalized spacial score (nSPS) is 11.3. The zero-order chi connectivity index (χ0) is 19.6. The number of amides is 1. The Morgan fingerprint density at radius 3 is 2.74 bits per heavy atom. The van der Waals surface area contributed by atoms with Gasteiger partial charge in [-0.3, -0.25) is 4.79 Å². The fraction of sp³-hybridized carbons (Fsp3) is 0.450. The third-order valence-corrected chi connectivity index (χ3v) is 4.97. The van der Waals surface area contributed by atoms with Crippen LogP contribution in [0.5, 0.6) is 0 Å². The largest absolute Gasteiger partial charge is 0.357 e. The SMILES string of the molecule is CCNC(=NCc1csc(CC)n1)NCCc1cccc(C(=O)N(C)C)c1. The van der Waals surface area contributed by atoms with Crippen molar-refractivity contribution in [1.29, 1.82) is 0 Å². The van der Waals surface area contributed by atoms with Crippen molar-refractivity contribution < 1.29 is 4.79 Å². The Morgan fingerprint density at radius 2 is 2.07 bits per heavy atom. The van der Waals surface area contributed by atoms with E-state index in [1.807, 2.05) is 31.2 Å². The number of aliphatic imine (C=N–C) groups is 1. The molecule has 6 nitrogen and oxygen atoms in total. The third kappa shape index (κ3) is 6.67. The van der Waals surface area contributed by atoms with Crippen LogP contribution in [0.2, 0.25) is 0 Å². The second-order valence-electron chi connectivity index (χ2n) is 6.36. The standard InChI is InChI=1S/C20H29N5OS/c1-5-18-24-17(14-27-18)13-23-20(21-6-2)22-11-10-15-8-7-9-16(12-15)19(26)25(3)4/h7-9,12,14H,5-6,10-11,13H2,1-4H3,(H2,21,22,23). The number of carbonyl (C=O) groups is 1. The molecular weight excluding hydrogens is 358 g/mol. The van der Waals surface area contributed by atoms with Crippen molar-refractivity contribution in [2.24, 2.45) is 4.99 Å². The average molecular weight is 388 g/mol. The first-order valence-corrected chi connectivity index (χ1v) is 10.2. The van der Waals surface area contributed by atoms with E-state index in [0.29, 0.717) is 12.1 Å². The van der Waals surface area contributed by atoms with E-state index < -0.39 is 0 Å². The van der Waals surface area contributed by atoms with Crippen LogP contribution in [0, 0.1) is 0 Å². The topological polar surface area (TPSA) is 69.6 Å². The van der Waals surface area contributed by atoms with Crippen molar-refractivity contribution in [2.75, 3.05) is 27.2 Å². The monoisotopic (exact) mass is 387 g/mol. The summed E-state index contributed by atoms with van der Waals surface area (Å²) < 4.78 is 0. The lowest BCUT2D eigenvalue weighted by molar-refractivity contribution is 0.0827. The van der Waals surface area contributed by atoms with Crippen molar-refractivity contribution >= 4 is 23.2 Å². The van der Waals surface area contributed by atoms with Crippen LogP contribution in [0.4, 0.5) is 0 Å². The molecule has 0 radical (unpaired) electrons. The van der Waals surface area contributed by atoms with E-state index >= 15 is 0 Å². The highest BCUT2D eigenvalue weighted by molar-refractivity contribution is 7.09. The number of hydrogen-bond acceptors (Lipinski definition) is 4. The van der Waals surface area contributed by atoms with Crippen molar-refractivity contribution in [3.63, 3.8) is 0 Å². The molecule has 0 fully saturated rings. The second-order valence-corrected chi connectivity index (χ2v) is 7.30. The molecule has 0 saturated heterocycles. The maximum atomic E-state index is 12.1. The summed E-state index contributed by atoms with van der Waals surface area (Å²) in [5, 5.41) is 9.82. The van der Waals surface area contributed by atoms with Gasteiger partial charge in [-0.05, 0) is 37.5 Å². The Labute approximate surface area is 165 Å². The van der Waals surface area contributed by atoms with Crippen LogP contribution in [0.25, 0.3) is 0 Å². The highest BCUT2D eigenvalue weighted by Crippen LogP contribution is 2.11. The van der Waals surface area contributed by atoms with Gasteiger partial charge in [0.15, 0.2) is 5.96 Å². The van der Waals surface area contributed by atoms with Gasteiger partial charge in [0.05, 0.1) is 17.2 Å². The van der Waals surface area contributed by atoms with Crippen LogP contribution < -0.4 is 10.6 Å². The van der Waals surface area contributed by atoms with Crippen LogP contribution in [-0.4, -0.2) is 48.9 Å². The van der Waals surface area contributed by atoms with E-state index in [1.54, 1.807) is 30.3 Å². The first-order chi connectivity index (χ1) is 13.0. The quantitative estimate of drug-likeness (QED) is 0.540. The number of aromatic nitrogens is 1. The summed E-state index contributed by atoms with van der Waals surface area (Å²) in [6.07, 6.45) is 1.78. The van der Waals surface area contributed by atoms with Gasteiger partial charge in [-0.1, -0.05) is 19.1 Å². The molecule has 0 saturated carbocycles. The lowest BCUT2D eigenvalue weighted by Crippen LogP contribution is -2.38. The number of nitrogens with zero attached hydrogens (tertiary/aromatic N) is 3. The van der Waals surface area contributed by atoms with Gasteiger partial charge in [0.1, 0.15) is 0 Å². The van der Waals surface area contributed by atoms with Crippen molar-refractivity contribution in [3.05, 3.63) is 51.5 Å². The number of nitrogens with one attached hydrogen (secondary N) is 2. The lowest BCUT2D eigenvalue weighted by atomic mass is 10.1. The molecular formula is C20H29N5OS. The zero-order valence-electron chi connectivity index (χ0n) is 16.6. The van der Waals surface area contributed by atoms with Gasteiger partial charge >= 0.3 is 0 Å². The molecule has 0 aliphatic heterocycles. The smallest absolute Gasteiger partial charge is 0.253 e. The minimum Gasteiger partial charge on any atom is -0.357 e. The number of thiazole rings is 1. The Hall–Kier alpha value is -2.41. The van der Waals surface area contributed by atoms with E-state index in [2.05, 4.69) is 32.9 Å². The molecule has 0 spiro atoms. The van der Waals surface area contributed by atoms with E-state index in [0.717, 1.165) is 48.2 Å². The van der Waals surface area contributed by atoms with Crippen LogP contribution >= 0.6 is 11.3 Å². The number of aryl methyl sites for hydroxylation is 1. The number of rotatable bonds is 8. The number of carbonyl (C=O) groups excluding carboxylic acids is 1. The van der Waals surface area contributed by atoms with Gasteiger partial charge in [0, 0.05) is 38.1 Å². The summed E-state index contributed by atoms with van der Waals surface area (Å²) in [5.41, 5.74) is 2.84. The van der Waals surface area contributed by atoms with E-state index in [9.17, 15) is 4.79 Å². The molecule has 0 aliphatic carbocycles. The van der Waals surface area contributed by atoms with Crippen LogP contribution in [0.1, 0.15) is 40.5 Å². The minimum atomic E-state index is 0.0226. The van der Waals surface area contributed by atoms with Gasteiger partial charge in [-0.25, -0.2) is 9.98 Å².